The minimum atomic E-state index is -0.176. The van der Waals surface area contributed by atoms with Crippen molar-refractivity contribution in [3.05, 3.63) is 35.4 Å². The van der Waals surface area contributed by atoms with Gasteiger partial charge in [-0.05, 0) is 26.0 Å². The van der Waals surface area contributed by atoms with Gasteiger partial charge in [0.05, 0.1) is 23.8 Å². The molecular formula is C16H20N2O3. The fourth-order valence-electron chi connectivity index (χ4n) is 2.95. The van der Waals surface area contributed by atoms with E-state index >= 15 is 0 Å². The molecule has 0 aromatic heterocycles. The van der Waals surface area contributed by atoms with Crippen LogP contribution < -0.4 is 0 Å². The maximum absolute atomic E-state index is 12.3. The number of benzene rings is 1. The molecule has 0 radical (unpaired) electrons. The van der Waals surface area contributed by atoms with E-state index in [0.717, 1.165) is 6.54 Å². The predicted molar refractivity (Wildman–Crippen MR) is 78.3 cm³/mol. The Bertz CT molecular complexity index is 537. The Hall–Kier alpha value is -1.72. The molecule has 0 spiro atoms. The number of rotatable bonds is 3. The highest BCUT2D eigenvalue weighted by Crippen LogP contribution is 2.22. The topological polar surface area (TPSA) is 49.9 Å². The lowest BCUT2D eigenvalue weighted by molar-refractivity contribution is -0.0501. The first kappa shape index (κ1) is 14.2. The van der Waals surface area contributed by atoms with Gasteiger partial charge in [0, 0.05) is 25.7 Å². The van der Waals surface area contributed by atoms with E-state index < -0.39 is 0 Å². The minimum absolute atomic E-state index is 0.176. The molecule has 2 amide bonds. The third-order valence-corrected chi connectivity index (χ3v) is 4.23. The maximum Gasteiger partial charge on any atom is 0.261 e. The molecule has 1 saturated heterocycles. The second-order valence-corrected chi connectivity index (χ2v) is 5.80. The van der Waals surface area contributed by atoms with Gasteiger partial charge in [-0.3, -0.25) is 19.4 Å². The molecule has 21 heavy (non-hydrogen) atoms. The molecule has 0 unspecified atom stereocenters. The summed E-state index contributed by atoms with van der Waals surface area (Å²) in [6.07, 6.45) is 0.198. The van der Waals surface area contributed by atoms with E-state index in [1.54, 1.807) is 24.3 Å². The molecule has 1 aromatic carbocycles. The summed E-state index contributed by atoms with van der Waals surface area (Å²) in [4.78, 5) is 28.2. The normalized spacial score (nSPS) is 26.3. The zero-order chi connectivity index (χ0) is 15.0. The van der Waals surface area contributed by atoms with Crippen LogP contribution in [0.1, 0.15) is 34.6 Å². The fourth-order valence-corrected chi connectivity index (χ4v) is 2.95. The first-order valence-corrected chi connectivity index (χ1v) is 7.39. The average molecular weight is 288 g/mol. The van der Waals surface area contributed by atoms with Crippen LogP contribution in [-0.4, -0.2) is 60.0 Å². The smallest absolute Gasteiger partial charge is 0.261 e. The van der Waals surface area contributed by atoms with Crippen LogP contribution >= 0.6 is 0 Å². The molecule has 3 rings (SSSR count). The molecule has 1 aromatic rings. The van der Waals surface area contributed by atoms with Gasteiger partial charge in [-0.15, -0.1) is 0 Å². The summed E-state index contributed by atoms with van der Waals surface area (Å²) in [5.74, 6) is -0.353. The standard InChI is InChI=1S/C16H20N2O3/c1-11-10-21-12(2)9-17(11)7-8-18-15(19)13-5-3-4-6-14(13)16(18)20/h3-6,11-12H,7-10H2,1-2H3/t11-,12-/m0/s1. The number of carbonyl (C=O) groups excluding carboxylic acids is 2. The summed E-state index contributed by atoms with van der Waals surface area (Å²) in [5.41, 5.74) is 1.04. The van der Waals surface area contributed by atoms with Gasteiger partial charge in [-0.2, -0.15) is 0 Å². The summed E-state index contributed by atoms with van der Waals surface area (Å²) >= 11 is 0. The summed E-state index contributed by atoms with van der Waals surface area (Å²) in [6, 6.07) is 7.33. The summed E-state index contributed by atoms with van der Waals surface area (Å²) in [5, 5.41) is 0. The molecule has 1 fully saturated rings. The van der Waals surface area contributed by atoms with E-state index in [0.29, 0.717) is 36.9 Å². The Balaban J connectivity index is 1.67. The third-order valence-electron chi connectivity index (χ3n) is 4.23. The molecule has 0 saturated carbocycles. The van der Waals surface area contributed by atoms with Crippen molar-refractivity contribution < 1.29 is 14.3 Å². The Labute approximate surface area is 124 Å². The second kappa shape index (κ2) is 5.58. The lowest BCUT2D eigenvalue weighted by Gasteiger charge is -2.37. The van der Waals surface area contributed by atoms with Crippen LogP contribution in [0.4, 0.5) is 0 Å². The van der Waals surface area contributed by atoms with E-state index in [-0.39, 0.29) is 17.9 Å². The Morgan fingerprint density at radius 3 is 2.33 bits per heavy atom. The Morgan fingerprint density at radius 2 is 1.71 bits per heavy atom. The highest BCUT2D eigenvalue weighted by Gasteiger charge is 2.35. The lowest BCUT2D eigenvalue weighted by atomic mass is 10.1. The second-order valence-electron chi connectivity index (χ2n) is 5.80. The highest BCUT2D eigenvalue weighted by atomic mass is 16.5. The van der Waals surface area contributed by atoms with Crippen molar-refractivity contribution in [2.45, 2.75) is 26.0 Å². The number of imide groups is 1. The van der Waals surface area contributed by atoms with E-state index in [9.17, 15) is 9.59 Å². The van der Waals surface area contributed by atoms with Crippen LogP contribution in [0.5, 0.6) is 0 Å². The van der Waals surface area contributed by atoms with Gasteiger partial charge in [0.15, 0.2) is 0 Å². The molecule has 5 heteroatoms. The van der Waals surface area contributed by atoms with Crippen LogP contribution in [-0.2, 0) is 4.74 Å². The maximum atomic E-state index is 12.3. The SMILES string of the molecule is C[C@H]1CN(CCN2C(=O)c3ccccc3C2=O)[C@@H](C)CO1. The fraction of sp³-hybridized carbons (Fsp3) is 0.500. The van der Waals surface area contributed by atoms with Crippen LogP contribution in [0.25, 0.3) is 0 Å². The first-order valence-electron chi connectivity index (χ1n) is 7.39. The number of morpholine rings is 1. The number of ether oxygens (including phenoxy) is 1. The van der Waals surface area contributed by atoms with Gasteiger partial charge in [0.2, 0.25) is 0 Å². The Morgan fingerprint density at radius 1 is 1.10 bits per heavy atom. The number of carbonyl (C=O) groups is 2. The zero-order valence-electron chi connectivity index (χ0n) is 12.4. The van der Waals surface area contributed by atoms with Gasteiger partial charge < -0.3 is 4.74 Å². The molecule has 2 atom stereocenters. The molecule has 2 aliphatic rings. The first-order chi connectivity index (χ1) is 10.1. The molecule has 0 aliphatic carbocycles. The monoisotopic (exact) mass is 288 g/mol. The average Bonchev–Trinajstić information content (AvgIpc) is 2.73. The Kier molecular flexibility index (Phi) is 3.78. The van der Waals surface area contributed by atoms with Crippen LogP contribution in [0.2, 0.25) is 0 Å². The number of amides is 2. The molecular weight excluding hydrogens is 268 g/mol. The van der Waals surface area contributed by atoms with Crippen molar-refractivity contribution in [1.29, 1.82) is 0 Å². The van der Waals surface area contributed by atoms with Crippen molar-refractivity contribution in [3.8, 4) is 0 Å². The van der Waals surface area contributed by atoms with Crippen LogP contribution in [0.3, 0.4) is 0 Å². The van der Waals surface area contributed by atoms with Crippen LogP contribution in [0, 0.1) is 0 Å². The van der Waals surface area contributed by atoms with Gasteiger partial charge in [0.25, 0.3) is 11.8 Å². The predicted octanol–water partition coefficient (Wildman–Crippen LogP) is 1.39. The number of hydrogen-bond donors (Lipinski definition) is 0. The molecule has 112 valence electrons. The van der Waals surface area contributed by atoms with E-state index in [1.807, 2.05) is 6.92 Å². The highest BCUT2D eigenvalue weighted by molar-refractivity contribution is 6.21. The van der Waals surface area contributed by atoms with Crippen molar-refractivity contribution in [1.82, 2.24) is 9.80 Å². The zero-order valence-corrected chi connectivity index (χ0v) is 12.4. The van der Waals surface area contributed by atoms with Crippen LogP contribution in [0.15, 0.2) is 24.3 Å². The summed E-state index contributed by atoms with van der Waals surface area (Å²) < 4.78 is 5.60. The number of fused-ring (bicyclic) bond motifs is 1. The molecule has 0 N–H and O–H groups in total. The third kappa shape index (κ3) is 2.59. The number of hydrogen-bond acceptors (Lipinski definition) is 4. The molecule has 2 heterocycles. The van der Waals surface area contributed by atoms with Gasteiger partial charge >= 0.3 is 0 Å². The van der Waals surface area contributed by atoms with E-state index in [4.69, 9.17) is 4.74 Å². The molecule has 2 aliphatic heterocycles. The van der Waals surface area contributed by atoms with Crippen molar-refractivity contribution in [3.63, 3.8) is 0 Å². The van der Waals surface area contributed by atoms with Crippen molar-refractivity contribution in [2.24, 2.45) is 0 Å². The van der Waals surface area contributed by atoms with Gasteiger partial charge in [0.1, 0.15) is 0 Å². The molecule has 0 bridgehead atoms. The van der Waals surface area contributed by atoms with Gasteiger partial charge in [-0.25, -0.2) is 0 Å². The summed E-state index contributed by atoms with van der Waals surface area (Å²) in [7, 11) is 0. The summed E-state index contributed by atoms with van der Waals surface area (Å²) in [6.45, 7) is 6.81. The lowest BCUT2D eigenvalue weighted by Crippen LogP contribution is -2.50. The van der Waals surface area contributed by atoms with E-state index in [2.05, 4.69) is 11.8 Å². The van der Waals surface area contributed by atoms with Crippen molar-refractivity contribution >= 4 is 11.8 Å². The van der Waals surface area contributed by atoms with Gasteiger partial charge in [-0.1, -0.05) is 12.1 Å². The van der Waals surface area contributed by atoms with Crippen molar-refractivity contribution in [2.75, 3.05) is 26.2 Å². The van der Waals surface area contributed by atoms with E-state index in [1.165, 1.54) is 4.90 Å². The minimum Gasteiger partial charge on any atom is -0.376 e. The molecule has 5 nitrogen and oxygen atoms in total. The largest absolute Gasteiger partial charge is 0.376 e. The quantitative estimate of drug-likeness (QED) is 0.789. The number of nitrogens with zero attached hydrogens (tertiary/aromatic N) is 2.